The van der Waals surface area contributed by atoms with Crippen molar-refractivity contribution < 1.29 is 0 Å². The third kappa shape index (κ3) is 2.72. The Balaban J connectivity index is 2.55. The van der Waals surface area contributed by atoms with Gasteiger partial charge in [0.15, 0.2) is 0 Å². The van der Waals surface area contributed by atoms with Gasteiger partial charge in [-0.2, -0.15) is 0 Å². The van der Waals surface area contributed by atoms with E-state index in [0.29, 0.717) is 0 Å². The average molecular weight is 178 g/mol. The molecule has 0 heterocycles. The van der Waals surface area contributed by atoms with Gasteiger partial charge in [0.2, 0.25) is 0 Å². The minimum absolute atomic E-state index is 1.98. The molecule has 0 spiro atoms. The molecule has 4 radical (unpaired) electrons. The third-order valence-electron chi connectivity index (χ3n) is 0.0400. The van der Waals surface area contributed by atoms with Crippen molar-refractivity contribution in [3.63, 3.8) is 0 Å². The molecule has 0 unspecified atom stereocenters. The molecule has 0 aromatic heterocycles. The summed E-state index contributed by atoms with van der Waals surface area (Å²) in [5.74, 6) is 0. The van der Waals surface area contributed by atoms with Crippen LogP contribution in [0.3, 0.4) is 0 Å². The van der Waals surface area contributed by atoms with Crippen LogP contribution >= 0.6 is 0 Å². The van der Waals surface area contributed by atoms with Crippen molar-refractivity contribution >= 4 is 34.2 Å². The Bertz CT molecular complexity index is 19.2. The second kappa shape index (κ2) is 3.72. The Kier molecular flexibility index (Phi) is 4.38. The van der Waals surface area contributed by atoms with Crippen LogP contribution in [0.5, 0.6) is 0 Å². The Morgan fingerprint density at radius 3 is 1.25 bits per heavy atom. The van der Waals surface area contributed by atoms with E-state index < -0.39 is 0 Å². The summed E-state index contributed by atoms with van der Waals surface area (Å²) in [4.78, 5) is 0. The van der Waals surface area contributed by atoms with Crippen molar-refractivity contribution in [3.05, 3.63) is 0 Å². The van der Waals surface area contributed by atoms with Gasteiger partial charge in [-0.1, -0.05) is 0 Å². The van der Waals surface area contributed by atoms with Crippen LogP contribution in [-0.2, 0) is 0 Å². The van der Waals surface area contributed by atoms with Gasteiger partial charge >= 0.3 is 42.2 Å². The minimum atomic E-state index is 1.98. The van der Waals surface area contributed by atoms with Gasteiger partial charge in [0, 0.05) is 0 Å². The van der Waals surface area contributed by atoms with Gasteiger partial charge < -0.3 is 0 Å². The van der Waals surface area contributed by atoms with Gasteiger partial charge in [0.1, 0.15) is 0 Å². The zero-order valence-electron chi connectivity index (χ0n) is 1.79. The molecule has 0 amide bonds. The summed E-state index contributed by atoms with van der Waals surface area (Å²) in [6.07, 6.45) is 0. The fourth-order valence-electron chi connectivity index (χ4n) is 0. The van der Waals surface area contributed by atoms with E-state index in [1.54, 1.807) is 0 Å². The van der Waals surface area contributed by atoms with Crippen LogP contribution in [0.2, 0.25) is 0 Å². The normalized spacial score (nSPS) is 9.50. The van der Waals surface area contributed by atoms with E-state index in [-0.39, 0.29) is 0 Å². The SMILES string of the molecule is [As]N=N[As]. The Labute approximate surface area is 42.5 Å². The van der Waals surface area contributed by atoms with Crippen LogP contribution in [0.15, 0.2) is 8.06 Å². The van der Waals surface area contributed by atoms with Crippen LogP contribution in [-0.4, -0.2) is 34.2 Å². The average Bonchev–Trinajstić information content (AvgIpc) is 1.37. The standard InChI is InChI=1S/As2N2/c1-3-4-2. The fourth-order valence-corrected chi connectivity index (χ4v) is 0. The third-order valence-corrected chi connectivity index (χ3v) is 1.08. The van der Waals surface area contributed by atoms with Crippen molar-refractivity contribution in [3.8, 4) is 0 Å². The maximum atomic E-state index is 3.27. The van der Waals surface area contributed by atoms with Crippen LogP contribution in [0.4, 0.5) is 0 Å². The van der Waals surface area contributed by atoms with Crippen LogP contribution < -0.4 is 0 Å². The molecule has 0 aliphatic carbocycles. The summed E-state index contributed by atoms with van der Waals surface area (Å²) in [5, 5.41) is 0. The Morgan fingerprint density at radius 1 is 1.00 bits per heavy atom. The summed E-state index contributed by atoms with van der Waals surface area (Å²) in [7, 11) is 0. The van der Waals surface area contributed by atoms with Crippen molar-refractivity contribution in [2.45, 2.75) is 0 Å². The Morgan fingerprint density at radius 2 is 1.25 bits per heavy atom. The molecule has 4 heteroatoms. The van der Waals surface area contributed by atoms with Crippen LogP contribution in [0, 0.1) is 0 Å². The molecular formula is As2N2. The van der Waals surface area contributed by atoms with Gasteiger partial charge in [0.25, 0.3) is 0 Å². The van der Waals surface area contributed by atoms with E-state index in [2.05, 4.69) is 8.06 Å². The summed E-state index contributed by atoms with van der Waals surface area (Å²) in [6, 6.07) is 0. The second-order valence-electron chi connectivity index (χ2n) is 0.179. The zero-order chi connectivity index (χ0) is 3.41. The van der Waals surface area contributed by atoms with E-state index in [1.807, 2.05) is 34.2 Å². The quantitative estimate of drug-likeness (QED) is 0.356. The van der Waals surface area contributed by atoms with Gasteiger partial charge in [-0.3, -0.25) is 0 Å². The molecule has 4 heavy (non-hydrogen) atoms. The molecule has 0 aromatic rings. The van der Waals surface area contributed by atoms with Crippen molar-refractivity contribution in [2.24, 2.45) is 8.06 Å². The topological polar surface area (TPSA) is 24.7 Å². The van der Waals surface area contributed by atoms with Crippen LogP contribution in [0.25, 0.3) is 0 Å². The predicted octanol–water partition coefficient (Wildman–Crippen LogP) is -0.394. The van der Waals surface area contributed by atoms with Gasteiger partial charge in [-0.15, -0.1) is 0 Å². The molecule has 20 valence electrons. The first kappa shape index (κ1) is 4.72. The summed E-state index contributed by atoms with van der Waals surface area (Å²) >= 11 is 3.96. The van der Waals surface area contributed by atoms with Crippen molar-refractivity contribution in [1.82, 2.24) is 0 Å². The van der Waals surface area contributed by atoms with Gasteiger partial charge in [-0.05, 0) is 0 Å². The zero-order valence-corrected chi connectivity index (χ0v) is 5.54. The molecule has 0 N–H and O–H groups in total. The molecule has 0 aromatic carbocycles. The molecule has 0 saturated heterocycles. The number of hydrogen-bond donors (Lipinski definition) is 0. The summed E-state index contributed by atoms with van der Waals surface area (Å²) < 4.78 is 6.54. The van der Waals surface area contributed by atoms with Crippen LogP contribution in [0.1, 0.15) is 0 Å². The number of rotatable bonds is 0. The molecular weight excluding hydrogens is 178 g/mol. The number of nitrogens with zero attached hydrogens (tertiary/aromatic N) is 2. The molecule has 0 saturated carbocycles. The molecule has 0 aliphatic rings. The first-order valence-corrected chi connectivity index (χ1v) is 2.28. The molecule has 2 nitrogen and oxygen atoms in total. The molecule has 0 fully saturated rings. The molecule has 0 bridgehead atoms. The number of hydrogen-bond acceptors (Lipinski definition) is 2. The predicted molar refractivity (Wildman–Crippen MR) is 16.4 cm³/mol. The van der Waals surface area contributed by atoms with Crippen molar-refractivity contribution in [2.75, 3.05) is 0 Å². The van der Waals surface area contributed by atoms with E-state index in [4.69, 9.17) is 0 Å². The van der Waals surface area contributed by atoms with Gasteiger partial charge in [0.05, 0.1) is 0 Å². The fraction of sp³-hybridized carbons (Fsp3) is 0. The first-order valence-electron chi connectivity index (χ1n) is 0.600. The van der Waals surface area contributed by atoms with E-state index in [9.17, 15) is 0 Å². The summed E-state index contributed by atoms with van der Waals surface area (Å²) in [6.45, 7) is 0. The maximum absolute atomic E-state index is 3.27. The Hall–Kier alpha value is 0.717. The molecule has 0 rings (SSSR count). The van der Waals surface area contributed by atoms with Crippen molar-refractivity contribution in [1.29, 1.82) is 0 Å². The summed E-state index contributed by atoms with van der Waals surface area (Å²) in [5.41, 5.74) is 0. The van der Waals surface area contributed by atoms with E-state index in [0.717, 1.165) is 0 Å². The van der Waals surface area contributed by atoms with E-state index in [1.165, 1.54) is 0 Å². The first-order chi connectivity index (χ1) is 1.91. The molecule has 0 aliphatic heterocycles. The monoisotopic (exact) mass is 178 g/mol. The van der Waals surface area contributed by atoms with Gasteiger partial charge in [-0.25, -0.2) is 0 Å². The second-order valence-corrected chi connectivity index (χ2v) is 0.930. The molecule has 0 atom stereocenters. The van der Waals surface area contributed by atoms with E-state index >= 15 is 0 Å².